The molecule has 4 aromatic carbocycles. The second-order valence-corrected chi connectivity index (χ2v) is 12.9. The average molecular weight is 465 g/mol. The number of hydrogen-bond donors (Lipinski definition) is 0. The molecule has 0 radical (unpaired) electrons. The molecule has 0 aliphatic rings. The summed E-state index contributed by atoms with van der Waals surface area (Å²) >= 11 is 0. The highest BCUT2D eigenvalue weighted by atomic mass is 31.2. The van der Waals surface area contributed by atoms with Crippen LogP contribution in [0.3, 0.4) is 0 Å². The third kappa shape index (κ3) is 5.11. The molecule has 0 bridgehead atoms. The van der Waals surface area contributed by atoms with Crippen molar-refractivity contribution in [2.75, 3.05) is 0 Å². The Bertz CT molecular complexity index is 1070. The van der Waals surface area contributed by atoms with Crippen LogP contribution in [0.4, 0.5) is 0 Å². The van der Waals surface area contributed by atoms with Crippen LogP contribution in [0.25, 0.3) is 0 Å². The van der Waals surface area contributed by atoms with Crippen molar-refractivity contribution in [2.24, 2.45) is 0 Å². The first-order valence-electron chi connectivity index (χ1n) is 11.0. The molecule has 0 aliphatic heterocycles. The molecule has 0 atom stereocenters. The minimum Gasteiger partial charge on any atom is -0.252 e. The Morgan fingerprint density at radius 1 is 0.545 bits per heavy atom. The maximum atomic E-state index is 4.38. The van der Waals surface area contributed by atoms with E-state index in [4.69, 9.17) is 0 Å². The summed E-state index contributed by atoms with van der Waals surface area (Å²) in [5, 5.41) is 14.4. The number of hydrogen-bond acceptors (Lipinski definition) is 2. The largest absolute Gasteiger partial charge is 0.252 e. The van der Waals surface area contributed by atoms with Gasteiger partial charge in [-0.15, -0.1) is 5.10 Å². The zero-order valence-corrected chi connectivity index (χ0v) is 20.0. The lowest BCUT2D eigenvalue weighted by atomic mass is 10.4. The van der Waals surface area contributed by atoms with Crippen molar-refractivity contribution in [3.8, 4) is 0 Å². The summed E-state index contributed by atoms with van der Waals surface area (Å²) in [5.74, 6) is 0. The SMILES string of the molecule is c1ccc(P(c2ccccc2)C(Cn2ccnn2)P(c2ccccc2)c2ccccc2)cc1. The first kappa shape index (κ1) is 21.7. The second kappa shape index (κ2) is 10.7. The third-order valence-electron chi connectivity index (χ3n) is 5.56. The molecule has 3 nitrogen and oxygen atoms in total. The summed E-state index contributed by atoms with van der Waals surface area (Å²) in [6.45, 7) is 0.811. The van der Waals surface area contributed by atoms with E-state index in [1.165, 1.54) is 21.2 Å². The van der Waals surface area contributed by atoms with E-state index in [9.17, 15) is 0 Å². The summed E-state index contributed by atoms with van der Waals surface area (Å²) in [6.07, 6.45) is 3.76. The average Bonchev–Trinajstić information content (AvgIpc) is 3.40. The molecular weight excluding hydrogens is 440 g/mol. The zero-order valence-electron chi connectivity index (χ0n) is 18.2. The molecule has 162 valence electrons. The molecule has 33 heavy (non-hydrogen) atoms. The molecule has 1 aromatic heterocycles. The van der Waals surface area contributed by atoms with Crippen LogP contribution in [0.5, 0.6) is 0 Å². The Morgan fingerprint density at radius 2 is 0.909 bits per heavy atom. The van der Waals surface area contributed by atoms with Crippen molar-refractivity contribution >= 4 is 37.1 Å². The summed E-state index contributed by atoms with van der Waals surface area (Å²) in [6, 6.07) is 44.0. The fraction of sp³-hybridized carbons (Fsp3) is 0.0714. The van der Waals surface area contributed by atoms with Gasteiger partial charge >= 0.3 is 0 Å². The van der Waals surface area contributed by atoms with Crippen LogP contribution in [0.1, 0.15) is 0 Å². The Hall–Kier alpha value is -3.12. The van der Waals surface area contributed by atoms with Crippen LogP contribution in [0, 0.1) is 0 Å². The van der Waals surface area contributed by atoms with E-state index in [0.29, 0.717) is 5.40 Å². The first-order valence-corrected chi connectivity index (χ1v) is 13.8. The van der Waals surface area contributed by atoms with Gasteiger partial charge in [-0.2, -0.15) is 0 Å². The van der Waals surface area contributed by atoms with Gasteiger partial charge in [0, 0.05) is 11.6 Å². The van der Waals surface area contributed by atoms with Gasteiger partial charge in [-0.1, -0.05) is 127 Å². The van der Waals surface area contributed by atoms with Gasteiger partial charge < -0.3 is 0 Å². The fourth-order valence-electron chi connectivity index (χ4n) is 4.12. The number of rotatable bonds is 8. The van der Waals surface area contributed by atoms with E-state index in [1.807, 2.05) is 10.9 Å². The molecule has 0 aliphatic carbocycles. The molecule has 5 heteroatoms. The van der Waals surface area contributed by atoms with Crippen molar-refractivity contribution in [1.29, 1.82) is 0 Å². The van der Waals surface area contributed by atoms with E-state index in [-0.39, 0.29) is 0 Å². The molecule has 1 heterocycles. The van der Waals surface area contributed by atoms with Crippen LogP contribution >= 0.6 is 15.8 Å². The van der Waals surface area contributed by atoms with Gasteiger partial charge in [0.15, 0.2) is 0 Å². The van der Waals surface area contributed by atoms with Crippen LogP contribution in [0.2, 0.25) is 0 Å². The monoisotopic (exact) mass is 465 g/mol. The van der Waals surface area contributed by atoms with E-state index in [2.05, 4.69) is 132 Å². The number of aromatic nitrogens is 3. The van der Waals surface area contributed by atoms with Crippen LogP contribution < -0.4 is 21.2 Å². The van der Waals surface area contributed by atoms with Gasteiger partial charge in [0.1, 0.15) is 0 Å². The van der Waals surface area contributed by atoms with Crippen LogP contribution in [-0.2, 0) is 6.54 Å². The molecule has 0 amide bonds. The Kier molecular flexibility index (Phi) is 7.02. The molecule has 0 saturated carbocycles. The summed E-state index contributed by atoms with van der Waals surface area (Å²) < 4.78 is 2.01. The topological polar surface area (TPSA) is 30.7 Å². The van der Waals surface area contributed by atoms with Crippen molar-refractivity contribution in [3.63, 3.8) is 0 Å². The minimum absolute atomic E-state index is 0.339. The van der Waals surface area contributed by atoms with Crippen molar-refractivity contribution in [2.45, 2.75) is 11.9 Å². The van der Waals surface area contributed by atoms with E-state index in [1.54, 1.807) is 6.20 Å². The lowest BCUT2D eigenvalue weighted by Gasteiger charge is -2.35. The Labute approximate surface area is 197 Å². The second-order valence-electron chi connectivity index (χ2n) is 7.69. The van der Waals surface area contributed by atoms with Gasteiger partial charge in [0.2, 0.25) is 0 Å². The maximum absolute atomic E-state index is 4.38. The smallest absolute Gasteiger partial charge is 0.0692 e. The summed E-state index contributed by atoms with van der Waals surface area (Å²) in [5.41, 5.74) is 0. The Balaban J connectivity index is 1.72. The third-order valence-corrected chi connectivity index (χ3v) is 11.9. The van der Waals surface area contributed by atoms with Crippen molar-refractivity contribution in [1.82, 2.24) is 15.0 Å². The fourth-order valence-corrected chi connectivity index (χ4v) is 11.2. The standard InChI is InChI=1S/C28H25N3P2/c1-5-13-24(14-6-1)32(25-15-7-2-8-16-25)28(23-31-22-21-29-30-31)33(26-17-9-3-10-18-26)27-19-11-4-12-20-27/h1-22,28H,23H2. The van der Waals surface area contributed by atoms with Crippen molar-refractivity contribution in [3.05, 3.63) is 134 Å². The molecular formula is C28H25N3P2. The molecule has 5 rings (SSSR count). The molecule has 0 spiro atoms. The van der Waals surface area contributed by atoms with Gasteiger partial charge in [-0.05, 0) is 37.1 Å². The van der Waals surface area contributed by atoms with Crippen LogP contribution in [-0.4, -0.2) is 20.4 Å². The predicted octanol–water partition coefficient (Wildman–Crippen LogP) is 4.87. The number of benzene rings is 4. The highest BCUT2D eigenvalue weighted by Crippen LogP contribution is 2.56. The first-order chi connectivity index (χ1) is 16.4. The molecule has 0 N–H and O–H groups in total. The molecule has 0 saturated heterocycles. The molecule has 0 unspecified atom stereocenters. The highest BCUT2D eigenvalue weighted by molar-refractivity contribution is 7.89. The highest BCUT2D eigenvalue weighted by Gasteiger charge is 2.34. The van der Waals surface area contributed by atoms with Gasteiger partial charge in [-0.25, -0.2) is 0 Å². The quantitative estimate of drug-likeness (QED) is 0.306. The lowest BCUT2D eigenvalue weighted by molar-refractivity contribution is 0.618. The summed E-state index contributed by atoms with van der Waals surface area (Å²) in [4.78, 5) is 0. The van der Waals surface area contributed by atoms with Crippen molar-refractivity contribution < 1.29 is 0 Å². The number of nitrogens with zero attached hydrogens (tertiary/aromatic N) is 3. The van der Waals surface area contributed by atoms with E-state index in [0.717, 1.165) is 6.54 Å². The van der Waals surface area contributed by atoms with E-state index >= 15 is 0 Å². The molecule has 5 aromatic rings. The minimum atomic E-state index is -0.665. The Morgan fingerprint density at radius 3 is 1.21 bits per heavy atom. The van der Waals surface area contributed by atoms with Gasteiger partial charge in [0.25, 0.3) is 0 Å². The normalized spacial score (nSPS) is 11.4. The predicted molar refractivity (Wildman–Crippen MR) is 142 cm³/mol. The van der Waals surface area contributed by atoms with Crippen LogP contribution in [0.15, 0.2) is 134 Å². The van der Waals surface area contributed by atoms with Gasteiger partial charge in [-0.3, -0.25) is 4.68 Å². The van der Waals surface area contributed by atoms with Gasteiger partial charge in [0.05, 0.1) is 12.7 Å². The zero-order chi connectivity index (χ0) is 22.3. The lowest BCUT2D eigenvalue weighted by Crippen LogP contribution is -2.30. The molecule has 0 fully saturated rings. The summed E-state index contributed by atoms with van der Waals surface area (Å²) in [7, 11) is -1.33. The maximum Gasteiger partial charge on any atom is 0.0692 e. The van der Waals surface area contributed by atoms with E-state index < -0.39 is 15.8 Å².